The van der Waals surface area contributed by atoms with Gasteiger partial charge in [-0.25, -0.2) is 13.4 Å². The Morgan fingerprint density at radius 1 is 1.44 bits per heavy atom. The van der Waals surface area contributed by atoms with E-state index in [-0.39, 0.29) is 10.4 Å². The topological polar surface area (TPSA) is 66.1 Å². The molecule has 1 aromatic rings. The summed E-state index contributed by atoms with van der Waals surface area (Å²) < 4.78 is 26.3. The fourth-order valence-electron chi connectivity index (χ4n) is 2.29. The first-order valence-corrected chi connectivity index (χ1v) is 7.83. The molecule has 1 fully saturated rings. The van der Waals surface area contributed by atoms with Crippen molar-refractivity contribution in [1.82, 2.24) is 14.3 Å². The minimum Gasteiger partial charge on any atom is -0.332 e. The summed E-state index contributed by atoms with van der Waals surface area (Å²) in [5, 5.41) is 0.208. The average molecular weight is 271 g/mol. The fourth-order valence-corrected chi connectivity index (χ4v) is 3.69. The third-order valence-electron chi connectivity index (χ3n) is 4.08. The van der Waals surface area contributed by atoms with Crippen molar-refractivity contribution in [1.29, 1.82) is 0 Å². The molecular weight excluding hydrogens is 250 g/mol. The van der Waals surface area contributed by atoms with Gasteiger partial charge in [0.1, 0.15) is 5.82 Å². The second-order valence-electron chi connectivity index (χ2n) is 5.40. The lowest BCUT2D eigenvalue weighted by atomic mass is 9.79. The smallest absolute Gasteiger partial charge is 0.260 e. The van der Waals surface area contributed by atoms with Gasteiger partial charge in [-0.05, 0) is 25.2 Å². The van der Waals surface area contributed by atoms with Crippen LogP contribution in [-0.2, 0) is 10.0 Å². The summed E-state index contributed by atoms with van der Waals surface area (Å²) in [6.45, 7) is 7.36. The molecule has 6 heteroatoms. The molecule has 0 aromatic carbocycles. The Labute approximate surface area is 109 Å². The molecule has 0 atom stereocenters. The van der Waals surface area contributed by atoms with E-state index in [1.807, 2.05) is 0 Å². The first kappa shape index (κ1) is 13.5. The maximum atomic E-state index is 12.4. The summed E-state index contributed by atoms with van der Waals surface area (Å²) in [7, 11) is -3.38. The van der Waals surface area contributed by atoms with E-state index in [1.54, 1.807) is 11.2 Å². The number of hydrogen-bond donors (Lipinski definition) is 1. The van der Waals surface area contributed by atoms with Crippen LogP contribution in [0.3, 0.4) is 0 Å². The normalized spacial score (nSPS) is 21.1. The molecule has 0 radical (unpaired) electrons. The molecule has 0 saturated carbocycles. The van der Waals surface area contributed by atoms with Crippen LogP contribution in [0, 0.1) is 12.3 Å². The molecule has 18 heavy (non-hydrogen) atoms. The minimum absolute atomic E-state index is 0.208. The number of nitrogens with one attached hydrogen (secondary N) is 1. The molecular formula is C12H21N3O2S. The lowest BCUT2D eigenvalue weighted by molar-refractivity contribution is 0.168. The monoisotopic (exact) mass is 271 g/mol. The molecule has 0 unspecified atom stereocenters. The molecule has 1 N–H and O–H groups in total. The van der Waals surface area contributed by atoms with Crippen LogP contribution in [-0.4, -0.2) is 35.8 Å². The van der Waals surface area contributed by atoms with Gasteiger partial charge in [-0.2, -0.15) is 4.31 Å². The molecule has 2 heterocycles. The predicted molar refractivity (Wildman–Crippen MR) is 69.7 cm³/mol. The summed E-state index contributed by atoms with van der Waals surface area (Å²) in [4.78, 5) is 6.77. The highest BCUT2D eigenvalue weighted by Gasteiger charge is 2.34. The summed E-state index contributed by atoms with van der Waals surface area (Å²) in [5.74, 6) is 0.629. The van der Waals surface area contributed by atoms with Gasteiger partial charge >= 0.3 is 0 Å². The Morgan fingerprint density at radius 3 is 2.50 bits per heavy atom. The molecule has 1 aliphatic rings. The number of H-pyrrole nitrogens is 1. The maximum Gasteiger partial charge on any atom is 0.260 e. The number of nitrogens with zero attached hydrogens (tertiary/aromatic N) is 2. The number of aromatic amines is 1. The van der Waals surface area contributed by atoms with Crippen LogP contribution >= 0.6 is 0 Å². The van der Waals surface area contributed by atoms with Crippen LogP contribution in [0.5, 0.6) is 0 Å². The summed E-state index contributed by atoms with van der Waals surface area (Å²) in [6, 6.07) is 0. The molecule has 1 aromatic heterocycles. The van der Waals surface area contributed by atoms with Gasteiger partial charge in [0.05, 0.1) is 6.20 Å². The van der Waals surface area contributed by atoms with E-state index in [9.17, 15) is 8.42 Å². The summed E-state index contributed by atoms with van der Waals surface area (Å²) in [6.07, 6.45) is 4.36. The van der Waals surface area contributed by atoms with Crippen LogP contribution in [0.25, 0.3) is 0 Å². The Kier molecular flexibility index (Phi) is 3.51. The van der Waals surface area contributed by atoms with Crippen LogP contribution < -0.4 is 0 Å². The second-order valence-corrected chi connectivity index (χ2v) is 7.31. The zero-order chi connectivity index (χ0) is 13.4. The van der Waals surface area contributed by atoms with Gasteiger partial charge in [-0.3, -0.25) is 0 Å². The third kappa shape index (κ3) is 2.44. The van der Waals surface area contributed by atoms with Crippen molar-refractivity contribution < 1.29 is 8.42 Å². The van der Waals surface area contributed by atoms with E-state index in [2.05, 4.69) is 23.8 Å². The first-order chi connectivity index (χ1) is 8.37. The van der Waals surface area contributed by atoms with Crippen molar-refractivity contribution in [3.63, 3.8) is 0 Å². The van der Waals surface area contributed by atoms with Gasteiger partial charge in [-0.1, -0.05) is 20.3 Å². The van der Waals surface area contributed by atoms with E-state index < -0.39 is 10.0 Å². The molecule has 0 aliphatic carbocycles. The maximum absolute atomic E-state index is 12.4. The third-order valence-corrected chi connectivity index (χ3v) is 5.89. The van der Waals surface area contributed by atoms with Crippen LogP contribution in [0.15, 0.2) is 11.2 Å². The highest BCUT2D eigenvalue weighted by Crippen LogP contribution is 2.35. The van der Waals surface area contributed by atoms with E-state index in [4.69, 9.17) is 0 Å². The number of aryl methyl sites for hydroxylation is 1. The molecule has 2 rings (SSSR count). The summed E-state index contributed by atoms with van der Waals surface area (Å²) in [5.41, 5.74) is 0.288. The Bertz CT molecular complexity index is 513. The van der Waals surface area contributed by atoms with Gasteiger partial charge in [0, 0.05) is 13.1 Å². The van der Waals surface area contributed by atoms with Crippen LogP contribution in [0.2, 0.25) is 0 Å². The molecule has 1 saturated heterocycles. The zero-order valence-corrected chi connectivity index (χ0v) is 12.0. The Balaban J connectivity index is 2.14. The highest BCUT2D eigenvalue weighted by atomic mass is 32.2. The lowest BCUT2D eigenvalue weighted by Crippen LogP contribution is -2.41. The van der Waals surface area contributed by atoms with Crippen molar-refractivity contribution in [2.24, 2.45) is 5.41 Å². The Morgan fingerprint density at radius 2 is 2.06 bits per heavy atom. The first-order valence-electron chi connectivity index (χ1n) is 6.39. The van der Waals surface area contributed by atoms with Crippen molar-refractivity contribution in [2.45, 2.75) is 45.1 Å². The predicted octanol–water partition coefficient (Wildman–Crippen LogP) is 1.92. The van der Waals surface area contributed by atoms with Gasteiger partial charge in [0.2, 0.25) is 0 Å². The minimum atomic E-state index is -3.38. The molecule has 1 aliphatic heterocycles. The van der Waals surface area contributed by atoms with E-state index in [0.29, 0.717) is 18.9 Å². The number of rotatable bonds is 3. The average Bonchev–Trinajstić information content (AvgIpc) is 2.77. The number of sulfonamides is 1. The largest absolute Gasteiger partial charge is 0.332 e. The molecule has 0 spiro atoms. The van der Waals surface area contributed by atoms with Crippen molar-refractivity contribution >= 4 is 10.0 Å². The number of imidazole rings is 1. The van der Waals surface area contributed by atoms with Gasteiger partial charge in [0.25, 0.3) is 10.0 Å². The molecule has 0 amide bonds. The van der Waals surface area contributed by atoms with Gasteiger partial charge in [0.15, 0.2) is 5.03 Å². The van der Waals surface area contributed by atoms with Crippen molar-refractivity contribution in [2.75, 3.05) is 13.1 Å². The van der Waals surface area contributed by atoms with Crippen molar-refractivity contribution in [3.8, 4) is 0 Å². The Hall–Kier alpha value is -0.880. The fraction of sp³-hybridized carbons (Fsp3) is 0.750. The quantitative estimate of drug-likeness (QED) is 0.913. The number of hydrogen-bond acceptors (Lipinski definition) is 3. The highest BCUT2D eigenvalue weighted by molar-refractivity contribution is 7.89. The lowest BCUT2D eigenvalue weighted by Gasteiger charge is -2.37. The van der Waals surface area contributed by atoms with E-state index >= 15 is 0 Å². The number of aromatic nitrogens is 2. The molecule has 5 nitrogen and oxygen atoms in total. The molecule has 102 valence electrons. The van der Waals surface area contributed by atoms with Gasteiger partial charge in [-0.15, -0.1) is 0 Å². The SMILES string of the molecule is CCC1(C)CCN(S(=O)(=O)c2cnc(C)[nH]2)CC1. The number of piperidine rings is 1. The standard InChI is InChI=1S/C12H21N3O2S/c1-4-12(3)5-7-15(8-6-12)18(16,17)11-9-13-10(2)14-11/h9H,4-8H2,1-3H3,(H,13,14). The van der Waals surface area contributed by atoms with Crippen LogP contribution in [0.1, 0.15) is 38.9 Å². The van der Waals surface area contributed by atoms with E-state index in [1.165, 1.54) is 6.20 Å². The van der Waals surface area contributed by atoms with Gasteiger partial charge < -0.3 is 4.98 Å². The summed E-state index contributed by atoms with van der Waals surface area (Å²) >= 11 is 0. The zero-order valence-electron chi connectivity index (χ0n) is 11.2. The van der Waals surface area contributed by atoms with E-state index in [0.717, 1.165) is 19.3 Å². The second kappa shape index (κ2) is 4.66. The van der Waals surface area contributed by atoms with Crippen LogP contribution in [0.4, 0.5) is 0 Å². The van der Waals surface area contributed by atoms with Crippen molar-refractivity contribution in [3.05, 3.63) is 12.0 Å². The molecule has 0 bridgehead atoms.